The molecule has 2 rings (SSSR count). The van der Waals surface area contributed by atoms with Gasteiger partial charge in [-0.3, -0.25) is 0 Å². The van der Waals surface area contributed by atoms with E-state index in [0.717, 1.165) is 5.69 Å². The molecule has 0 amide bonds. The minimum absolute atomic E-state index is 0.0135. The Bertz CT molecular complexity index is 378. The molecule has 16 heavy (non-hydrogen) atoms. The van der Waals surface area contributed by atoms with Crippen LogP contribution in [0.25, 0.3) is 0 Å². The third-order valence-electron chi connectivity index (χ3n) is 2.38. The van der Waals surface area contributed by atoms with Crippen molar-refractivity contribution in [2.75, 3.05) is 31.2 Å². The highest BCUT2D eigenvalue weighted by Crippen LogP contribution is 2.26. The lowest BCUT2D eigenvalue weighted by Crippen LogP contribution is -2.44. The summed E-state index contributed by atoms with van der Waals surface area (Å²) in [6.45, 7) is 1.79. The summed E-state index contributed by atoms with van der Waals surface area (Å²) in [7, 11) is 0. The molecule has 1 aliphatic heterocycles. The normalized spacial score (nSPS) is 21.2. The number of hydrogen-bond donors (Lipinski definition) is 1. The van der Waals surface area contributed by atoms with E-state index in [0.29, 0.717) is 30.0 Å². The lowest BCUT2D eigenvalue weighted by molar-refractivity contribution is 0.00355. The number of aliphatic hydroxyl groups is 1. The number of halogens is 2. The summed E-state index contributed by atoms with van der Waals surface area (Å²) in [6.07, 6.45) is -0.197. The van der Waals surface area contributed by atoms with Gasteiger partial charge < -0.3 is 14.7 Å². The zero-order chi connectivity index (χ0) is 11.5. The largest absolute Gasteiger partial charge is 0.394 e. The van der Waals surface area contributed by atoms with Gasteiger partial charge in [0.1, 0.15) is 0 Å². The van der Waals surface area contributed by atoms with E-state index in [1.807, 2.05) is 4.90 Å². The molecule has 0 spiro atoms. The van der Waals surface area contributed by atoms with Crippen LogP contribution in [0.3, 0.4) is 0 Å². The Morgan fingerprint density at radius 3 is 3.06 bits per heavy atom. The van der Waals surface area contributed by atoms with Gasteiger partial charge in [-0.15, -0.1) is 10.2 Å². The standard InChI is InChI=1S/C9H11Cl2N3O2/c10-8-3-7(9(11)13-12-8)14-1-2-16-6(4-14)5-15/h3,6,15H,1-2,4-5H2. The summed E-state index contributed by atoms with van der Waals surface area (Å²) in [5.41, 5.74) is 0.725. The van der Waals surface area contributed by atoms with Crippen LogP contribution in [0.1, 0.15) is 0 Å². The van der Waals surface area contributed by atoms with Crippen molar-refractivity contribution in [1.82, 2.24) is 10.2 Å². The molecule has 88 valence electrons. The van der Waals surface area contributed by atoms with Gasteiger partial charge in [-0.2, -0.15) is 0 Å². The minimum atomic E-state index is -0.197. The maximum Gasteiger partial charge on any atom is 0.175 e. The molecule has 1 aromatic rings. The van der Waals surface area contributed by atoms with Crippen LogP contribution in [0.5, 0.6) is 0 Å². The molecule has 0 aliphatic carbocycles. The molecule has 0 radical (unpaired) electrons. The molecule has 0 bridgehead atoms. The second-order valence-electron chi connectivity index (χ2n) is 3.46. The monoisotopic (exact) mass is 263 g/mol. The van der Waals surface area contributed by atoms with Gasteiger partial charge in [0.15, 0.2) is 10.3 Å². The summed E-state index contributed by atoms with van der Waals surface area (Å²) in [4.78, 5) is 1.98. The van der Waals surface area contributed by atoms with Gasteiger partial charge >= 0.3 is 0 Å². The maximum atomic E-state index is 9.04. The number of rotatable bonds is 2. The van der Waals surface area contributed by atoms with Gasteiger partial charge in [-0.25, -0.2) is 0 Å². The summed E-state index contributed by atoms with van der Waals surface area (Å²) in [5.74, 6) is 0. The van der Waals surface area contributed by atoms with Crippen molar-refractivity contribution >= 4 is 28.9 Å². The third kappa shape index (κ3) is 2.55. The van der Waals surface area contributed by atoms with Crippen LogP contribution in [0.2, 0.25) is 10.3 Å². The highest BCUT2D eigenvalue weighted by molar-refractivity contribution is 6.33. The lowest BCUT2D eigenvalue weighted by Gasteiger charge is -2.33. The number of anilines is 1. The first-order valence-corrected chi connectivity index (χ1v) is 5.62. The molecule has 1 saturated heterocycles. The average molecular weight is 264 g/mol. The van der Waals surface area contributed by atoms with Crippen molar-refractivity contribution in [3.8, 4) is 0 Å². The van der Waals surface area contributed by atoms with E-state index in [4.69, 9.17) is 33.0 Å². The quantitative estimate of drug-likeness (QED) is 0.862. The molecule has 7 heteroatoms. The van der Waals surface area contributed by atoms with Gasteiger partial charge in [0, 0.05) is 19.2 Å². The molecule has 0 aromatic carbocycles. The number of ether oxygens (including phenoxy) is 1. The van der Waals surface area contributed by atoms with E-state index >= 15 is 0 Å². The second-order valence-corrected chi connectivity index (χ2v) is 4.21. The number of hydrogen-bond acceptors (Lipinski definition) is 5. The first-order valence-electron chi connectivity index (χ1n) is 4.87. The van der Waals surface area contributed by atoms with E-state index < -0.39 is 0 Å². The Balaban J connectivity index is 2.19. The fourth-order valence-electron chi connectivity index (χ4n) is 1.61. The molecule has 1 N–H and O–H groups in total. The summed E-state index contributed by atoms with van der Waals surface area (Å²) < 4.78 is 5.35. The highest BCUT2D eigenvalue weighted by Gasteiger charge is 2.22. The Kier molecular flexibility index (Phi) is 3.81. The van der Waals surface area contributed by atoms with Crippen LogP contribution in [0.15, 0.2) is 6.07 Å². The maximum absolute atomic E-state index is 9.04. The summed E-state index contributed by atoms with van der Waals surface area (Å²) in [5, 5.41) is 17.0. The molecule has 1 aliphatic rings. The van der Waals surface area contributed by atoms with E-state index in [-0.39, 0.29) is 12.7 Å². The first kappa shape index (κ1) is 11.9. The molecule has 1 aromatic heterocycles. The van der Waals surface area contributed by atoms with Gasteiger partial charge in [0.05, 0.1) is 25.0 Å². The molecular weight excluding hydrogens is 253 g/mol. The summed E-state index contributed by atoms with van der Waals surface area (Å²) >= 11 is 11.7. The molecular formula is C9H11Cl2N3O2. The molecule has 1 unspecified atom stereocenters. The van der Waals surface area contributed by atoms with Crippen molar-refractivity contribution in [3.05, 3.63) is 16.4 Å². The van der Waals surface area contributed by atoms with Crippen LogP contribution in [0, 0.1) is 0 Å². The van der Waals surface area contributed by atoms with Crippen LogP contribution in [-0.4, -0.2) is 47.7 Å². The first-order chi connectivity index (χ1) is 7.70. The van der Waals surface area contributed by atoms with Crippen molar-refractivity contribution in [2.24, 2.45) is 0 Å². The van der Waals surface area contributed by atoms with Gasteiger partial charge in [-0.1, -0.05) is 23.2 Å². The Hall–Kier alpha value is -0.620. The molecule has 2 heterocycles. The Morgan fingerprint density at radius 2 is 2.31 bits per heavy atom. The SMILES string of the molecule is OCC1CN(c2cc(Cl)nnc2Cl)CCO1. The third-order valence-corrected chi connectivity index (χ3v) is 2.84. The fraction of sp³-hybridized carbons (Fsp3) is 0.556. The van der Waals surface area contributed by atoms with Crippen molar-refractivity contribution in [3.63, 3.8) is 0 Å². The van der Waals surface area contributed by atoms with E-state index in [1.54, 1.807) is 6.07 Å². The fourth-order valence-corrected chi connectivity index (χ4v) is 1.97. The number of nitrogens with zero attached hydrogens (tertiary/aromatic N) is 3. The zero-order valence-electron chi connectivity index (χ0n) is 8.44. The van der Waals surface area contributed by atoms with Gasteiger partial charge in [-0.05, 0) is 0 Å². The van der Waals surface area contributed by atoms with Gasteiger partial charge in [0.25, 0.3) is 0 Å². The van der Waals surface area contributed by atoms with E-state index in [2.05, 4.69) is 10.2 Å². The number of aliphatic hydroxyl groups excluding tert-OH is 1. The topological polar surface area (TPSA) is 58.5 Å². The molecule has 1 fully saturated rings. The number of aromatic nitrogens is 2. The smallest absolute Gasteiger partial charge is 0.175 e. The van der Waals surface area contributed by atoms with Crippen LogP contribution in [0.4, 0.5) is 5.69 Å². The Labute approximate surface area is 103 Å². The molecule has 5 nitrogen and oxygen atoms in total. The lowest BCUT2D eigenvalue weighted by atomic mass is 10.2. The molecule has 0 saturated carbocycles. The van der Waals surface area contributed by atoms with E-state index in [9.17, 15) is 0 Å². The van der Waals surface area contributed by atoms with Crippen LogP contribution < -0.4 is 4.90 Å². The Morgan fingerprint density at radius 1 is 1.50 bits per heavy atom. The van der Waals surface area contributed by atoms with E-state index in [1.165, 1.54) is 0 Å². The predicted molar refractivity (Wildman–Crippen MR) is 61.1 cm³/mol. The van der Waals surface area contributed by atoms with Crippen molar-refractivity contribution in [2.45, 2.75) is 6.10 Å². The highest BCUT2D eigenvalue weighted by atomic mass is 35.5. The van der Waals surface area contributed by atoms with Crippen molar-refractivity contribution in [1.29, 1.82) is 0 Å². The van der Waals surface area contributed by atoms with Crippen LogP contribution in [-0.2, 0) is 4.74 Å². The minimum Gasteiger partial charge on any atom is -0.394 e. The molecule has 1 atom stereocenters. The average Bonchev–Trinajstić information content (AvgIpc) is 2.32. The van der Waals surface area contributed by atoms with Crippen molar-refractivity contribution < 1.29 is 9.84 Å². The van der Waals surface area contributed by atoms with Crippen LogP contribution >= 0.6 is 23.2 Å². The predicted octanol–water partition coefficient (Wildman–Crippen LogP) is 0.981. The summed E-state index contributed by atoms with van der Waals surface area (Å²) in [6, 6.07) is 1.66. The number of morpholine rings is 1. The zero-order valence-corrected chi connectivity index (χ0v) is 9.95. The second kappa shape index (κ2) is 5.14. The van der Waals surface area contributed by atoms with Gasteiger partial charge in [0.2, 0.25) is 0 Å².